The van der Waals surface area contributed by atoms with Gasteiger partial charge in [0.15, 0.2) is 17.6 Å². The molecule has 0 spiro atoms. The molecule has 6 nitrogen and oxygen atoms in total. The number of aromatic nitrogens is 2. The summed E-state index contributed by atoms with van der Waals surface area (Å²) in [6.45, 7) is 3.57. The summed E-state index contributed by atoms with van der Waals surface area (Å²) in [5.74, 6) is 0.232. The Kier molecular flexibility index (Phi) is 3.12. The van der Waals surface area contributed by atoms with Crippen LogP contribution >= 0.6 is 0 Å². The summed E-state index contributed by atoms with van der Waals surface area (Å²) < 4.78 is 5.44. The number of aliphatic carboxylic acids is 1. The van der Waals surface area contributed by atoms with Crippen LogP contribution in [0.5, 0.6) is 0 Å². The number of furan rings is 1. The highest BCUT2D eigenvalue weighted by molar-refractivity contribution is 5.74. The molecule has 0 aliphatic rings. The molecule has 0 aliphatic carbocycles. The van der Waals surface area contributed by atoms with Crippen LogP contribution in [0.4, 0.5) is 0 Å². The van der Waals surface area contributed by atoms with Gasteiger partial charge in [-0.05, 0) is 32.0 Å². The molecule has 1 atom stereocenters. The van der Waals surface area contributed by atoms with E-state index in [1.165, 1.54) is 0 Å². The highest BCUT2D eigenvalue weighted by atomic mass is 16.4. The lowest BCUT2D eigenvalue weighted by atomic mass is 10.2. The zero-order chi connectivity index (χ0) is 13.3. The fraction of sp³-hybridized carbons (Fsp3) is 0.250. The molecular weight excluding hydrogens is 234 g/mol. The van der Waals surface area contributed by atoms with E-state index >= 15 is 0 Å². The minimum atomic E-state index is -1.24. The van der Waals surface area contributed by atoms with E-state index in [1.54, 1.807) is 19.1 Å². The maximum atomic E-state index is 10.8. The number of hydrogen-bond acceptors (Lipinski definition) is 5. The minimum Gasteiger partial charge on any atom is -0.480 e. The summed E-state index contributed by atoms with van der Waals surface area (Å²) in [4.78, 5) is 19.0. The molecule has 6 heteroatoms. The Morgan fingerprint density at radius 3 is 2.67 bits per heavy atom. The third-order valence-electron chi connectivity index (χ3n) is 2.41. The van der Waals surface area contributed by atoms with Crippen LogP contribution in [-0.4, -0.2) is 21.0 Å². The van der Waals surface area contributed by atoms with Gasteiger partial charge in [-0.3, -0.25) is 4.79 Å². The highest BCUT2D eigenvalue weighted by Gasteiger charge is 2.19. The van der Waals surface area contributed by atoms with Crippen LogP contribution in [0.1, 0.15) is 23.3 Å². The number of rotatable bonds is 3. The van der Waals surface area contributed by atoms with Crippen LogP contribution in [0.3, 0.4) is 0 Å². The van der Waals surface area contributed by atoms with E-state index in [4.69, 9.17) is 15.3 Å². The predicted molar refractivity (Wildman–Crippen MR) is 63.8 cm³/mol. The van der Waals surface area contributed by atoms with Crippen LogP contribution < -0.4 is 5.73 Å². The first-order valence-corrected chi connectivity index (χ1v) is 5.38. The third-order valence-corrected chi connectivity index (χ3v) is 2.41. The average molecular weight is 247 g/mol. The largest absolute Gasteiger partial charge is 0.480 e. The maximum Gasteiger partial charge on any atom is 0.328 e. The molecule has 2 aromatic rings. The second kappa shape index (κ2) is 4.58. The van der Waals surface area contributed by atoms with E-state index < -0.39 is 12.0 Å². The molecule has 1 unspecified atom stereocenters. The third kappa shape index (κ3) is 2.38. The molecule has 2 aromatic heterocycles. The number of hydrogen-bond donors (Lipinski definition) is 2. The number of carboxylic acid groups (broad SMARTS) is 1. The molecule has 3 N–H and O–H groups in total. The van der Waals surface area contributed by atoms with Gasteiger partial charge in [0.1, 0.15) is 11.5 Å². The van der Waals surface area contributed by atoms with Crippen molar-refractivity contribution in [3.63, 3.8) is 0 Å². The lowest BCUT2D eigenvalue weighted by molar-refractivity contribution is -0.138. The Hall–Kier alpha value is -2.21. The molecule has 94 valence electrons. The summed E-state index contributed by atoms with van der Waals surface area (Å²) >= 11 is 0. The summed E-state index contributed by atoms with van der Waals surface area (Å²) in [6.07, 6.45) is 0. The lowest BCUT2D eigenvalue weighted by Crippen LogP contribution is -2.23. The van der Waals surface area contributed by atoms with Crippen molar-refractivity contribution >= 4 is 5.97 Å². The number of carbonyl (C=O) groups is 1. The lowest BCUT2D eigenvalue weighted by Gasteiger charge is -2.07. The molecule has 2 rings (SSSR count). The Bertz CT molecular complexity index is 592. The summed E-state index contributed by atoms with van der Waals surface area (Å²) in [7, 11) is 0. The molecule has 18 heavy (non-hydrogen) atoms. The smallest absolute Gasteiger partial charge is 0.328 e. The van der Waals surface area contributed by atoms with Crippen molar-refractivity contribution in [1.29, 1.82) is 0 Å². The van der Waals surface area contributed by atoms with Gasteiger partial charge in [-0.15, -0.1) is 0 Å². The van der Waals surface area contributed by atoms with Crippen molar-refractivity contribution < 1.29 is 14.3 Å². The second-order valence-electron chi connectivity index (χ2n) is 3.98. The Balaban J connectivity index is 2.47. The topological polar surface area (TPSA) is 102 Å². The predicted octanol–water partition coefficient (Wildman–Crippen LogP) is 1.44. The van der Waals surface area contributed by atoms with Gasteiger partial charge in [-0.25, -0.2) is 9.97 Å². The van der Waals surface area contributed by atoms with Crippen LogP contribution in [0.2, 0.25) is 0 Å². The molecule has 0 saturated heterocycles. The summed E-state index contributed by atoms with van der Waals surface area (Å²) in [6, 6.07) is 4.06. The molecular formula is C12H13N3O3. The summed E-state index contributed by atoms with van der Waals surface area (Å²) in [5, 5.41) is 8.86. The van der Waals surface area contributed by atoms with Gasteiger partial charge in [-0.1, -0.05) is 0 Å². The van der Waals surface area contributed by atoms with Gasteiger partial charge >= 0.3 is 5.97 Å². The summed E-state index contributed by atoms with van der Waals surface area (Å²) in [5.41, 5.74) is 6.67. The van der Waals surface area contributed by atoms with Gasteiger partial charge in [-0.2, -0.15) is 0 Å². The van der Waals surface area contributed by atoms with Crippen LogP contribution in [-0.2, 0) is 4.79 Å². The fourth-order valence-electron chi connectivity index (χ4n) is 1.54. The van der Waals surface area contributed by atoms with Crippen molar-refractivity contribution in [2.75, 3.05) is 0 Å². The van der Waals surface area contributed by atoms with Gasteiger partial charge in [0.25, 0.3) is 0 Å². The minimum absolute atomic E-state index is 0.0755. The molecule has 2 heterocycles. The average Bonchev–Trinajstić information content (AvgIpc) is 2.74. The molecule has 0 saturated carbocycles. The Morgan fingerprint density at radius 2 is 2.11 bits per heavy atom. The van der Waals surface area contributed by atoms with Crippen LogP contribution in [0.25, 0.3) is 11.5 Å². The van der Waals surface area contributed by atoms with Gasteiger partial charge in [0.2, 0.25) is 0 Å². The quantitative estimate of drug-likeness (QED) is 0.850. The van der Waals surface area contributed by atoms with Gasteiger partial charge < -0.3 is 15.3 Å². The number of nitrogens with two attached hydrogens (primary N) is 1. The normalized spacial score (nSPS) is 12.4. The molecule has 0 fully saturated rings. The van der Waals surface area contributed by atoms with E-state index in [-0.39, 0.29) is 5.82 Å². The molecule has 0 amide bonds. The van der Waals surface area contributed by atoms with Gasteiger partial charge in [0, 0.05) is 5.69 Å². The molecule has 0 aliphatic heterocycles. The first-order chi connectivity index (χ1) is 8.47. The molecule has 0 aromatic carbocycles. The number of aryl methyl sites for hydroxylation is 2. The van der Waals surface area contributed by atoms with Crippen LogP contribution in [0, 0.1) is 13.8 Å². The zero-order valence-electron chi connectivity index (χ0n) is 10.0. The SMILES string of the molecule is Cc1cc(-c2ccc(C)o2)nc(C(N)C(=O)O)n1. The van der Waals surface area contributed by atoms with Crippen molar-refractivity contribution in [2.45, 2.75) is 19.9 Å². The van der Waals surface area contributed by atoms with Crippen LogP contribution in [0.15, 0.2) is 22.6 Å². The van der Waals surface area contributed by atoms with Crippen molar-refractivity contribution in [1.82, 2.24) is 9.97 Å². The monoisotopic (exact) mass is 247 g/mol. The van der Waals surface area contributed by atoms with E-state index in [0.717, 1.165) is 5.76 Å². The first kappa shape index (κ1) is 12.3. The van der Waals surface area contributed by atoms with Crippen molar-refractivity contribution in [3.05, 3.63) is 35.5 Å². The van der Waals surface area contributed by atoms with E-state index in [1.807, 2.05) is 13.0 Å². The van der Waals surface area contributed by atoms with E-state index in [2.05, 4.69) is 9.97 Å². The molecule has 0 bridgehead atoms. The highest BCUT2D eigenvalue weighted by Crippen LogP contribution is 2.21. The number of carboxylic acids is 1. The number of nitrogens with zero attached hydrogens (tertiary/aromatic N) is 2. The zero-order valence-corrected chi connectivity index (χ0v) is 10.0. The van der Waals surface area contributed by atoms with Crippen molar-refractivity contribution in [3.8, 4) is 11.5 Å². The Morgan fingerprint density at radius 1 is 1.39 bits per heavy atom. The standard InChI is InChI=1S/C12H13N3O3/c1-6-5-8(9-4-3-7(2)18-9)15-11(14-6)10(13)12(16)17/h3-5,10H,13H2,1-2H3,(H,16,17). The van der Waals surface area contributed by atoms with Gasteiger partial charge in [0.05, 0.1) is 0 Å². The first-order valence-electron chi connectivity index (χ1n) is 5.38. The fourth-order valence-corrected chi connectivity index (χ4v) is 1.54. The maximum absolute atomic E-state index is 10.8. The van der Waals surface area contributed by atoms with E-state index in [0.29, 0.717) is 17.1 Å². The van der Waals surface area contributed by atoms with E-state index in [9.17, 15) is 4.79 Å². The Labute approximate surface area is 103 Å². The second-order valence-corrected chi connectivity index (χ2v) is 3.98. The molecule has 0 radical (unpaired) electrons. The van der Waals surface area contributed by atoms with Crippen molar-refractivity contribution in [2.24, 2.45) is 5.73 Å².